The molecule has 0 bridgehead atoms. The molecule has 1 aliphatic carbocycles. The van der Waals surface area contributed by atoms with Crippen LogP contribution in [0.2, 0.25) is 0 Å². The number of nitro groups is 1. The third kappa shape index (κ3) is 5.97. The zero-order valence-corrected chi connectivity index (χ0v) is 22.0. The van der Waals surface area contributed by atoms with Crippen LogP contribution in [0, 0.1) is 16.0 Å². The normalized spacial score (nSPS) is 21.7. The average Bonchev–Trinajstić information content (AvgIpc) is 3.23. The summed E-state index contributed by atoms with van der Waals surface area (Å²) in [5, 5.41) is 11.6. The minimum Gasteiger partial charge on any atom is -0.489 e. The molecule has 1 saturated heterocycles. The van der Waals surface area contributed by atoms with Gasteiger partial charge >= 0.3 is 0 Å². The fourth-order valence-corrected chi connectivity index (χ4v) is 5.89. The number of amidine groups is 1. The van der Waals surface area contributed by atoms with E-state index in [0.29, 0.717) is 23.2 Å². The fourth-order valence-electron chi connectivity index (χ4n) is 4.84. The molecule has 0 spiro atoms. The summed E-state index contributed by atoms with van der Waals surface area (Å²) in [6, 6.07) is 23.8. The molecular weight excluding hydrogens is 498 g/mol. The number of amides is 1. The van der Waals surface area contributed by atoms with E-state index >= 15 is 0 Å². The first-order chi connectivity index (χ1) is 18.5. The molecule has 2 fully saturated rings. The van der Waals surface area contributed by atoms with Crippen molar-refractivity contribution in [1.29, 1.82) is 0 Å². The molecule has 3 aromatic carbocycles. The predicted molar refractivity (Wildman–Crippen MR) is 151 cm³/mol. The Kier molecular flexibility index (Phi) is 7.89. The van der Waals surface area contributed by atoms with Gasteiger partial charge in [0, 0.05) is 18.2 Å². The van der Waals surface area contributed by atoms with Gasteiger partial charge in [-0.1, -0.05) is 50.1 Å². The van der Waals surface area contributed by atoms with Crippen LogP contribution in [0.15, 0.2) is 88.8 Å². The Hall–Kier alpha value is -3.91. The van der Waals surface area contributed by atoms with Gasteiger partial charge in [0.1, 0.15) is 12.4 Å². The molecule has 1 aliphatic heterocycles. The highest BCUT2D eigenvalue weighted by atomic mass is 32.2. The molecule has 0 unspecified atom stereocenters. The second kappa shape index (κ2) is 11.6. The highest BCUT2D eigenvalue weighted by molar-refractivity contribution is 8.18. The first kappa shape index (κ1) is 25.7. The molecule has 1 saturated carbocycles. The van der Waals surface area contributed by atoms with Gasteiger partial charge in [-0.25, -0.2) is 4.99 Å². The molecule has 7 nitrogen and oxygen atoms in total. The van der Waals surface area contributed by atoms with Crippen molar-refractivity contribution in [2.24, 2.45) is 10.9 Å². The van der Waals surface area contributed by atoms with Gasteiger partial charge < -0.3 is 4.74 Å². The Balaban J connectivity index is 1.32. The number of para-hydroxylation sites is 1. The Morgan fingerprint density at radius 2 is 1.74 bits per heavy atom. The van der Waals surface area contributed by atoms with Crippen molar-refractivity contribution in [2.75, 3.05) is 0 Å². The number of thioether (sulfide) groups is 1. The second-order valence-electron chi connectivity index (χ2n) is 9.63. The number of nitrogens with zero attached hydrogens (tertiary/aromatic N) is 3. The van der Waals surface area contributed by atoms with E-state index in [1.807, 2.05) is 65.6 Å². The zero-order valence-electron chi connectivity index (χ0n) is 21.2. The summed E-state index contributed by atoms with van der Waals surface area (Å²) in [4.78, 5) is 31.5. The number of nitro benzene ring substituents is 1. The molecule has 3 aromatic rings. The maximum Gasteiger partial charge on any atom is 0.269 e. The maximum atomic E-state index is 13.6. The predicted octanol–water partition coefficient (Wildman–Crippen LogP) is 7.36. The van der Waals surface area contributed by atoms with Crippen LogP contribution in [-0.2, 0) is 11.4 Å². The minimum atomic E-state index is -0.420. The third-order valence-electron chi connectivity index (χ3n) is 6.95. The molecule has 0 N–H and O–H groups in total. The largest absolute Gasteiger partial charge is 0.489 e. The molecule has 1 amide bonds. The van der Waals surface area contributed by atoms with Crippen LogP contribution in [0.4, 0.5) is 11.4 Å². The number of non-ortho nitro benzene ring substituents is 1. The van der Waals surface area contributed by atoms with Crippen molar-refractivity contribution >= 4 is 40.3 Å². The van der Waals surface area contributed by atoms with Crippen LogP contribution in [0.5, 0.6) is 5.75 Å². The molecule has 5 rings (SSSR count). The topological polar surface area (TPSA) is 85.0 Å². The average molecular weight is 528 g/mol. The number of hydrogen-bond donors (Lipinski definition) is 0. The van der Waals surface area contributed by atoms with Gasteiger partial charge in [0.05, 0.1) is 15.5 Å². The molecule has 8 heteroatoms. The summed E-state index contributed by atoms with van der Waals surface area (Å²) in [5.41, 5.74) is 2.64. The van der Waals surface area contributed by atoms with Gasteiger partial charge in [0.2, 0.25) is 0 Å². The van der Waals surface area contributed by atoms with E-state index in [1.54, 1.807) is 12.1 Å². The second-order valence-corrected chi connectivity index (χ2v) is 10.6. The summed E-state index contributed by atoms with van der Waals surface area (Å²) >= 11 is 1.44. The highest BCUT2D eigenvalue weighted by Gasteiger charge is 2.41. The summed E-state index contributed by atoms with van der Waals surface area (Å²) < 4.78 is 5.84. The number of rotatable bonds is 7. The van der Waals surface area contributed by atoms with E-state index in [9.17, 15) is 14.9 Å². The van der Waals surface area contributed by atoms with Gasteiger partial charge in [-0.05, 0) is 84.1 Å². The highest BCUT2D eigenvalue weighted by Crippen LogP contribution is 2.40. The van der Waals surface area contributed by atoms with E-state index in [-0.39, 0.29) is 17.6 Å². The molecular formula is C30H29N3O4S. The third-order valence-corrected chi connectivity index (χ3v) is 7.93. The van der Waals surface area contributed by atoms with Crippen molar-refractivity contribution in [3.8, 4) is 5.75 Å². The van der Waals surface area contributed by atoms with E-state index in [1.165, 1.54) is 30.3 Å². The lowest BCUT2D eigenvalue weighted by Gasteiger charge is -2.35. The molecule has 2 atom stereocenters. The molecule has 194 valence electrons. The first-order valence-electron chi connectivity index (χ1n) is 12.8. The quantitative estimate of drug-likeness (QED) is 0.182. The van der Waals surface area contributed by atoms with Crippen LogP contribution in [0.25, 0.3) is 6.08 Å². The van der Waals surface area contributed by atoms with Crippen molar-refractivity contribution < 1.29 is 14.5 Å². The van der Waals surface area contributed by atoms with E-state index in [4.69, 9.17) is 9.73 Å². The Morgan fingerprint density at radius 1 is 1.03 bits per heavy atom. The van der Waals surface area contributed by atoms with Gasteiger partial charge in [-0.15, -0.1) is 0 Å². The van der Waals surface area contributed by atoms with Gasteiger partial charge in [0.15, 0.2) is 5.17 Å². The summed E-state index contributed by atoms with van der Waals surface area (Å²) in [5.74, 6) is 1.13. The number of aliphatic imine (C=N–C) groups is 1. The number of carbonyl (C=O) groups excluding carboxylic acids is 1. The van der Waals surface area contributed by atoms with Crippen molar-refractivity contribution in [1.82, 2.24) is 4.90 Å². The molecule has 0 radical (unpaired) electrons. The van der Waals surface area contributed by atoms with E-state index < -0.39 is 4.92 Å². The van der Waals surface area contributed by atoms with Crippen LogP contribution >= 0.6 is 11.8 Å². The van der Waals surface area contributed by atoms with Gasteiger partial charge in [-0.2, -0.15) is 0 Å². The Labute approximate surface area is 226 Å². The van der Waals surface area contributed by atoms with Crippen molar-refractivity contribution in [3.05, 3.63) is 105 Å². The van der Waals surface area contributed by atoms with Crippen LogP contribution in [0.1, 0.15) is 43.7 Å². The van der Waals surface area contributed by atoms with E-state index in [0.717, 1.165) is 41.2 Å². The first-order valence-corrected chi connectivity index (χ1v) is 13.6. The standard InChI is InChI=1S/C30H29N3O4S/c1-21-7-5-6-10-27(21)32-29(34)28(38-30(32)31-24-8-3-2-4-9-24)19-22-13-17-26(18-14-22)37-20-23-11-15-25(16-12-23)33(35)36/h2-4,8-9,11-19,21,27H,5-7,10,20H2,1H3/b28-19-,31-30?/t21-,27-/m1/s1. The SMILES string of the molecule is C[C@@H]1CCCC[C@H]1N1C(=O)/C(=C/c2ccc(OCc3ccc([N+](=O)[O-])cc3)cc2)SC1=Nc1ccccc1. The van der Waals surface area contributed by atoms with E-state index in [2.05, 4.69) is 6.92 Å². The monoisotopic (exact) mass is 527 g/mol. The molecule has 1 heterocycles. The molecule has 2 aliphatic rings. The summed E-state index contributed by atoms with van der Waals surface area (Å²) in [7, 11) is 0. The lowest BCUT2D eigenvalue weighted by atomic mass is 9.85. The Morgan fingerprint density at radius 3 is 2.42 bits per heavy atom. The zero-order chi connectivity index (χ0) is 26.5. The number of hydrogen-bond acceptors (Lipinski definition) is 6. The molecule has 38 heavy (non-hydrogen) atoms. The number of carbonyl (C=O) groups is 1. The Bertz CT molecular complexity index is 1350. The minimum absolute atomic E-state index is 0.0157. The molecule has 0 aromatic heterocycles. The smallest absolute Gasteiger partial charge is 0.269 e. The van der Waals surface area contributed by atoms with Crippen LogP contribution in [0.3, 0.4) is 0 Å². The lowest BCUT2D eigenvalue weighted by molar-refractivity contribution is -0.384. The number of benzene rings is 3. The number of ether oxygens (including phenoxy) is 1. The van der Waals surface area contributed by atoms with Crippen LogP contribution in [-0.4, -0.2) is 26.9 Å². The van der Waals surface area contributed by atoms with Crippen molar-refractivity contribution in [3.63, 3.8) is 0 Å². The fraction of sp³-hybridized carbons (Fsp3) is 0.267. The maximum absolute atomic E-state index is 13.6. The van der Waals surface area contributed by atoms with Gasteiger partial charge in [0.25, 0.3) is 11.6 Å². The van der Waals surface area contributed by atoms with Crippen LogP contribution < -0.4 is 4.74 Å². The summed E-state index contributed by atoms with van der Waals surface area (Å²) in [6.45, 7) is 2.54. The lowest BCUT2D eigenvalue weighted by Crippen LogP contribution is -2.44. The van der Waals surface area contributed by atoms with Crippen molar-refractivity contribution in [2.45, 2.75) is 45.3 Å². The summed E-state index contributed by atoms with van der Waals surface area (Å²) in [6.07, 6.45) is 6.37. The van der Waals surface area contributed by atoms with Gasteiger partial charge in [-0.3, -0.25) is 19.8 Å².